The fourth-order valence-electron chi connectivity index (χ4n) is 7.94. The fraction of sp³-hybridized carbons (Fsp3) is 0.561. The summed E-state index contributed by atoms with van der Waals surface area (Å²) < 4.78 is 54.4. The van der Waals surface area contributed by atoms with Crippen LogP contribution in [-0.4, -0.2) is 110 Å². The van der Waals surface area contributed by atoms with Crippen molar-refractivity contribution in [2.75, 3.05) is 26.4 Å². The molecule has 3 aromatic carbocycles. The summed E-state index contributed by atoms with van der Waals surface area (Å²) in [6.07, 6.45) is 8.51. The Kier molecular flexibility index (Phi) is 26.4. The third-order valence-corrected chi connectivity index (χ3v) is 11.4. The van der Waals surface area contributed by atoms with E-state index in [-0.39, 0.29) is 16.7 Å². The van der Waals surface area contributed by atoms with Crippen LogP contribution in [0.1, 0.15) is 157 Å². The number of ether oxygens (including phenoxy) is 9. The molecule has 3 aromatic rings. The van der Waals surface area contributed by atoms with Crippen LogP contribution in [0.25, 0.3) is 10.4 Å². The van der Waals surface area contributed by atoms with E-state index in [0.717, 1.165) is 25.7 Å². The number of hydrogen-bond donors (Lipinski definition) is 0. The Morgan fingerprint density at radius 2 is 1.09 bits per heavy atom. The molecule has 0 spiro atoms. The second kappa shape index (κ2) is 32.3. The summed E-state index contributed by atoms with van der Waals surface area (Å²) in [7, 11) is 0. The zero-order valence-electron chi connectivity index (χ0n) is 44.2. The summed E-state index contributed by atoms with van der Waals surface area (Å²) in [6, 6.07) is 23.3. The lowest BCUT2D eigenvalue weighted by Gasteiger charge is -2.45. The number of nitrogens with zero attached hydrogens (tertiary/aromatic N) is 3. The molecule has 0 N–H and O–H groups in total. The Morgan fingerprint density at radius 3 is 1.59 bits per heavy atom. The predicted octanol–water partition coefficient (Wildman–Crippen LogP) is 11.4. The first kappa shape index (κ1) is 60.5. The monoisotopic (exact) mass is 1030 g/mol. The molecule has 0 aromatic heterocycles. The van der Waals surface area contributed by atoms with Crippen LogP contribution >= 0.6 is 0 Å². The molecule has 0 unspecified atom stereocenters. The molecule has 17 nitrogen and oxygen atoms in total. The number of carbonyl (C=O) groups is 5. The van der Waals surface area contributed by atoms with Crippen molar-refractivity contribution in [3.63, 3.8) is 0 Å². The Hall–Kier alpha value is -6.10. The van der Waals surface area contributed by atoms with Gasteiger partial charge >= 0.3 is 29.8 Å². The molecule has 404 valence electrons. The van der Waals surface area contributed by atoms with Crippen molar-refractivity contribution in [1.82, 2.24) is 0 Å². The average molecular weight is 1030 g/mol. The highest BCUT2D eigenvalue weighted by Crippen LogP contribution is 2.32. The van der Waals surface area contributed by atoms with Crippen molar-refractivity contribution < 1.29 is 66.6 Å². The predicted molar refractivity (Wildman–Crippen MR) is 277 cm³/mol. The molecule has 1 fully saturated rings. The van der Waals surface area contributed by atoms with Gasteiger partial charge in [0.25, 0.3) is 0 Å². The second-order valence-corrected chi connectivity index (χ2v) is 20.1. The first-order valence-corrected chi connectivity index (χ1v) is 25.9. The standard InChI is InChI=1S/C57H77N3O14/c1-8-9-10-11-12-13-14-15-16-17-18-19-29-36-45(70-53(64)42-32-25-21-26-33-42)44(59-60-58)37-69-55-51(72-54(65)43-34-27-22-28-35-43)50(67-40-48(62)74-57(5,6)7)49(66-39-47(61)73-56(2,3)4)46(71-55)38-68-52(63)41-30-23-20-24-31-41/h20-36,44-46,49-51,55H,8-19,37-40H2,1-7H3/b36-29+/t44-,45+,46+,49-,50-,51+,55+/m0/s1. The highest BCUT2D eigenvalue weighted by atomic mass is 16.7. The maximum absolute atomic E-state index is 14.0. The zero-order chi connectivity index (χ0) is 53.8. The van der Waals surface area contributed by atoms with Gasteiger partial charge in [0.2, 0.25) is 0 Å². The third-order valence-electron chi connectivity index (χ3n) is 11.4. The number of esters is 5. The number of hydrogen-bond acceptors (Lipinski definition) is 15. The van der Waals surface area contributed by atoms with Crippen molar-refractivity contribution in [1.29, 1.82) is 0 Å². The molecule has 0 radical (unpaired) electrons. The van der Waals surface area contributed by atoms with Crippen molar-refractivity contribution in [2.45, 2.75) is 180 Å². The first-order valence-electron chi connectivity index (χ1n) is 25.9. The normalized spacial score (nSPS) is 18.6. The largest absolute Gasteiger partial charge is 0.459 e. The highest BCUT2D eigenvalue weighted by Gasteiger charge is 2.52. The molecule has 1 heterocycles. The molecule has 0 saturated carbocycles. The summed E-state index contributed by atoms with van der Waals surface area (Å²) in [4.78, 5) is 70.6. The zero-order valence-corrected chi connectivity index (χ0v) is 44.2. The molecular weight excluding hydrogens is 951 g/mol. The van der Waals surface area contributed by atoms with Gasteiger partial charge in [0.05, 0.1) is 23.3 Å². The molecule has 0 aliphatic carbocycles. The van der Waals surface area contributed by atoms with Crippen LogP contribution in [-0.2, 0) is 52.2 Å². The van der Waals surface area contributed by atoms with Gasteiger partial charge in [0.15, 0.2) is 12.4 Å². The van der Waals surface area contributed by atoms with Gasteiger partial charge in [-0.1, -0.05) is 137 Å². The maximum Gasteiger partial charge on any atom is 0.338 e. The highest BCUT2D eigenvalue weighted by molar-refractivity contribution is 5.90. The van der Waals surface area contributed by atoms with Crippen LogP contribution in [0.15, 0.2) is 108 Å². The first-order chi connectivity index (χ1) is 35.5. The summed E-state index contributed by atoms with van der Waals surface area (Å²) in [5, 5.41) is 4.01. The van der Waals surface area contributed by atoms with Gasteiger partial charge in [0, 0.05) is 4.91 Å². The Balaban J connectivity index is 1.70. The summed E-state index contributed by atoms with van der Waals surface area (Å²) in [5.41, 5.74) is 8.73. The molecule has 17 heteroatoms. The van der Waals surface area contributed by atoms with Crippen molar-refractivity contribution in [3.05, 3.63) is 130 Å². The van der Waals surface area contributed by atoms with E-state index in [9.17, 15) is 29.5 Å². The summed E-state index contributed by atoms with van der Waals surface area (Å²) in [6.45, 7) is 9.88. The number of rotatable bonds is 31. The minimum atomic E-state index is -1.64. The lowest BCUT2D eigenvalue weighted by Crippen LogP contribution is -2.63. The van der Waals surface area contributed by atoms with Crippen molar-refractivity contribution in [2.24, 2.45) is 5.11 Å². The van der Waals surface area contributed by atoms with Gasteiger partial charge < -0.3 is 42.6 Å². The van der Waals surface area contributed by atoms with Gasteiger partial charge in [0.1, 0.15) is 61.5 Å². The molecule has 74 heavy (non-hydrogen) atoms. The van der Waals surface area contributed by atoms with Crippen LogP contribution in [0.4, 0.5) is 0 Å². The SMILES string of the molecule is CCCCCCCCCCCCC/C=C/[C@@H](OC(=O)c1ccccc1)[C@H](CO[C@@H]1O[C@H](COC(=O)c2ccccc2)[C@H](OCC(=O)OC(C)(C)C)[C@H](OCC(=O)OC(C)(C)C)[C@H]1OC(=O)c1ccccc1)N=[N+]=[N-]. The van der Waals surface area contributed by atoms with E-state index >= 15 is 0 Å². The lowest BCUT2D eigenvalue weighted by molar-refractivity contribution is -0.313. The van der Waals surface area contributed by atoms with E-state index in [4.69, 9.17) is 42.6 Å². The minimum Gasteiger partial charge on any atom is -0.459 e. The minimum absolute atomic E-state index is 0.130. The fourth-order valence-corrected chi connectivity index (χ4v) is 7.94. The lowest BCUT2D eigenvalue weighted by atomic mass is 9.98. The van der Waals surface area contributed by atoms with Gasteiger partial charge in [-0.05, 0) is 102 Å². The second-order valence-electron chi connectivity index (χ2n) is 20.1. The number of carbonyl (C=O) groups excluding carboxylic acids is 5. The summed E-state index contributed by atoms with van der Waals surface area (Å²) >= 11 is 0. The summed E-state index contributed by atoms with van der Waals surface area (Å²) in [5.74, 6) is -3.83. The van der Waals surface area contributed by atoms with Crippen LogP contribution < -0.4 is 0 Å². The Morgan fingerprint density at radius 1 is 0.622 bits per heavy atom. The van der Waals surface area contributed by atoms with Gasteiger partial charge in [-0.3, -0.25) is 0 Å². The smallest absolute Gasteiger partial charge is 0.338 e. The molecule has 7 atom stereocenters. The van der Waals surface area contributed by atoms with E-state index in [1.807, 2.05) is 6.08 Å². The third kappa shape index (κ3) is 23.0. The van der Waals surface area contributed by atoms with Crippen LogP contribution in [0.3, 0.4) is 0 Å². The van der Waals surface area contributed by atoms with Crippen molar-refractivity contribution >= 4 is 29.8 Å². The van der Waals surface area contributed by atoms with E-state index in [0.29, 0.717) is 6.42 Å². The van der Waals surface area contributed by atoms with Crippen LogP contribution in [0.2, 0.25) is 0 Å². The topological polar surface area (TPSA) is 217 Å². The van der Waals surface area contributed by atoms with Crippen molar-refractivity contribution in [3.8, 4) is 0 Å². The van der Waals surface area contributed by atoms with Crippen LogP contribution in [0.5, 0.6) is 0 Å². The maximum atomic E-state index is 14.0. The number of allylic oxidation sites excluding steroid dienone is 1. The van der Waals surface area contributed by atoms with E-state index < -0.39 is 110 Å². The molecule has 4 rings (SSSR count). The molecular formula is C57H77N3O14. The molecule has 1 aliphatic rings. The van der Waals surface area contributed by atoms with Gasteiger partial charge in [-0.2, -0.15) is 0 Å². The molecule has 1 saturated heterocycles. The van der Waals surface area contributed by atoms with Gasteiger partial charge in [-0.25, -0.2) is 24.0 Å². The number of benzene rings is 3. The average Bonchev–Trinajstić information content (AvgIpc) is 3.37. The number of azide groups is 1. The molecule has 0 amide bonds. The van der Waals surface area contributed by atoms with E-state index in [1.54, 1.807) is 126 Å². The Labute approximate surface area is 436 Å². The molecule has 0 bridgehead atoms. The van der Waals surface area contributed by atoms with E-state index in [1.165, 1.54) is 57.1 Å². The quantitative estimate of drug-likeness (QED) is 0.0111. The van der Waals surface area contributed by atoms with E-state index in [2.05, 4.69) is 16.9 Å². The van der Waals surface area contributed by atoms with Crippen LogP contribution in [0, 0.1) is 0 Å². The number of unbranched alkanes of at least 4 members (excludes halogenated alkanes) is 11. The Bertz CT molecular complexity index is 2220. The molecule has 1 aliphatic heterocycles. The van der Waals surface area contributed by atoms with Gasteiger partial charge in [-0.15, -0.1) is 0 Å².